The van der Waals surface area contributed by atoms with Crippen molar-refractivity contribution in [3.05, 3.63) is 23.3 Å². The zero-order valence-electron chi connectivity index (χ0n) is 18.2. The van der Waals surface area contributed by atoms with Gasteiger partial charge in [-0.15, -0.1) is 0 Å². The molecule has 2 bridgehead atoms. The summed E-state index contributed by atoms with van der Waals surface area (Å²) in [6.07, 6.45) is 6.25. The van der Waals surface area contributed by atoms with Crippen LogP contribution >= 0.6 is 0 Å². The summed E-state index contributed by atoms with van der Waals surface area (Å²) in [5.74, 6) is 2.30. The second kappa shape index (κ2) is 6.46. The van der Waals surface area contributed by atoms with Gasteiger partial charge in [0.25, 0.3) is 0 Å². The van der Waals surface area contributed by atoms with Crippen molar-refractivity contribution in [2.45, 2.75) is 82.0 Å². The minimum Gasteiger partial charge on any atom is -0.504 e. The standard InChI is InChI=1S/C25H33NO4/c1-15(2)8-12-29-25-9-7-19(28)23-24(25)10-11-26(14-16-3-4-16)20(25)13-17-5-6-18(27)22(30-23)21(17)24/h5-6,15-16,20,23,27H,3-4,7-14H2,1-2H3/t20?,23-,24-,25+/m0/s1. The normalized spacial score (nSPS) is 36.7. The number of phenols is 1. The molecule has 1 aromatic carbocycles. The van der Waals surface area contributed by atoms with E-state index in [1.807, 2.05) is 0 Å². The molecule has 0 radical (unpaired) electrons. The molecule has 2 aliphatic heterocycles. The van der Waals surface area contributed by atoms with E-state index in [0.29, 0.717) is 18.1 Å². The first-order chi connectivity index (χ1) is 14.5. The number of hydrogen-bond acceptors (Lipinski definition) is 5. The molecule has 2 heterocycles. The van der Waals surface area contributed by atoms with Gasteiger partial charge in [-0.2, -0.15) is 0 Å². The second-order valence-corrected chi connectivity index (χ2v) is 10.7. The maximum absolute atomic E-state index is 13.1. The monoisotopic (exact) mass is 411 g/mol. The van der Waals surface area contributed by atoms with Crippen LogP contribution in [0.3, 0.4) is 0 Å². The topological polar surface area (TPSA) is 59.0 Å². The number of carbonyl (C=O) groups excluding carboxylic acids is 1. The number of hydrogen-bond donors (Lipinski definition) is 1. The van der Waals surface area contributed by atoms with E-state index in [-0.39, 0.29) is 17.6 Å². The van der Waals surface area contributed by atoms with Crippen molar-refractivity contribution in [1.82, 2.24) is 4.90 Å². The van der Waals surface area contributed by atoms with Gasteiger partial charge in [0.1, 0.15) is 0 Å². The SMILES string of the molecule is CC(C)CCO[C@@]12CCC(=O)[C@@H]3Oc4c(O)ccc5c4[C@@]31CCN(CC1CC1)C2C5. The highest BCUT2D eigenvalue weighted by Gasteiger charge is 2.74. The Kier molecular flexibility index (Phi) is 4.12. The quantitative estimate of drug-likeness (QED) is 0.775. The predicted octanol–water partition coefficient (Wildman–Crippen LogP) is 3.60. The van der Waals surface area contributed by atoms with Gasteiger partial charge in [0.05, 0.1) is 11.0 Å². The molecule has 4 atom stereocenters. The number of likely N-dealkylation sites (tertiary alicyclic amines) is 1. The Balaban J connectivity index is 1.51. The van der Waals surface area contributed by atoms with Crippen molar-refractivity contribution in [2.75, 3.05) is 19.7 Å². The molecule has 1 N–H and O–H groups in total. The Morgan fingerprint density at radius 3 is 2.90 bits per heavy atom. The van der Waals surface area contributed by atoms with Gasteiger partial charge in [0.2, 0.25) is 0 Å². The van der Waals surface area contributed by atoms with Gasteiger partial charge in [0, 0.05) is 31.2 Å². The Bertz CT molecular complexity index is 893. The molecule has 1 unspecified atom stereocenters. The molecule has 0 aromatic heterocycles. The Morgan fingerprint density at radius 1 is 1.30 bits per heavy atom. The fourth-order valence-electron chi connectivity index (χ4n) is 7.01. The zero-order valence-corrected chi connectivity index (χ0v) is 18.2. The highest BCUT2D eigenvalue weighted by molar-refractivity contribution is 5.90. The van der Waals surface area contributed by atoms with Gasteiger partial charge >= 0.3 is 0 Å². The molecular weight excluding hydrogens is 378 g/mol. The fourth-order valence-corrected chi connectivity index (χ4v) is 7.01. The Labute approximate surface area is 178 Å². The molecule has 3 aliphatic carbocycles. The largest absolute Gasteiger partial charge is 0.504 e. The first-order valence-electron chi connectivity index (χ1n) is 11.9. The summed E-state index contributed by atoms with van der Waals surface area (Å²) in [4.78, 5) is 15.8. The molecule has 0 amide bonds. The predicted molar refractivity (Wildman–Crippen MR) is 113 cm³/mol. The average molecular weight is 412 g/mol. The summed E-state index contributed by atoms with van der Waals surface area (Å²) < 4.78 is 13.3. The van der Waals surface area contributed by atoms with Crippen molar-refractivity contribution >= 4 is 5.78 Å². The third-order valence-electron chi connectivity index (χ3n) is 8.57. The lowest BCUT2D eigenvalue weighted by atomic mass is 9.48. The van der Waals surface area contributed by atoms with Crippen LogP contribution in [0.25, 0.3) is 0 Å². The van der Waals surface area contributed by atoms with E-state index in [1.165, 1.54) is 18.4 Å². The van der Waals surface area contributed by atoms with Crippen LogP contribution in [-0.4, -0.2) is 53.2 Å². The molecule has 3 fully saturated rings. The third kappa shape index (κ3) is 2.39. The number of aromatic hydroxyl groups is 1. The number of ether oxygens (including phenoxy) is 2. The first kappa shape index (κ1) is 19.1. The van der Waals surface area contributed by atoms with Crippen molar-refractivity contribution < 1.29 is 19.4 Å². The van der Waals surface area contributed by atoms with E-state index < -0.39 is 17.1 Å². The van der Waals surface area contributed by atoms with Crippen LogP contribution in [0.5, 0.6) is 11.5 Å². The van der Waals surface area contributed by atoms with Crippen LogP contribution in [0, 0.1) is 11.8 Å². The van der Waals surface area contributed by atoms with Gasteiger partial charge in [0.15, 0.2) is 23.4 Å². The van der Waals surface area contributed by atoms with Gasteiger partial charge in [-0.1, -0.05) is 19.9 Å². The van der Waals surface area contributed by atoms with Crippen molar-refractivity contribution in [1.29, 1.82) is 0 Å². The molecule has 5 aliphatic rings. The fraction of sp³-hybridized carbons (Fsp3) is 0.720. The minimum absolute atomic E-state index is 0.167. The number of rotatable bonds is 6. The summed E-state index contributed by atoms with van der Waals surface area (Å²) in [5, 5.41) is 10.6. The zero-order chi connectivity index (χ0) is 20.7. The van der Waals surface area contributed by atoms with Gasteiger partial charge < -0.3 is 14.6 Å². The second-order valence-electron chi connectivity index (χ2n) is 10.7. The lowest BCUT2D eigenvalue weighted by molar-refractivity contribution is -0.214. The number of Topliss-reactive ketones (excluding diaryl/α,β-unsaturated/α-hetero) is 1. The molecule has 30 heavy (non-hydrogen) atoms. The van der Waals surface area contributed by atoms with Crippen LogP contribution in [0.4, 0.5) is 0 Å². The summed E-state index contributed by atoms with van der Waals surface area (Å²) in [5.41, 5.74) is 1.48. The van der Waals surface area contributed by atoms with E-state index in [0.717, 1.165) is 56.9 Å². The number of phenolic OH excluding ortho intramolecular Hbond substituents is 1. The maximum atomic E-state index is 13.1. The number of piperidine rings is 1. The smallest absolute Gasteiger partial charge is 0.174 e. The van der Waals surface area contributed by atoms with E-state index in [1.54, 1.807) is 6.07 Å². The molecular formula is C25H33NO4. The van der Waals surface area contributed by atoms with Crippen molar-refractivity contribution in [2.24, 2.45) is 11.8 Å². The van der Waals surface area contributed by atoms with Crippen LogP contribution in [0.2, 0.25) is 0 Å². The molecule has 2 saturated carbocycles. The highest BCUT2D eigenvalue weighted by Crippen LogP contribution is 2.66. The van der Waals surface area contributed by atoms with E-state index in [4.69, 9.17) is 9.47 Å². The molecule has 6 rings (SSSR count). The summed E-state index contributed by atoms with van der Waals surface area (Å²) >= 11 is 0. The summed E-state index contributed by atoms with van der Waals surface area (Å²) in [7, 11) is 0. The molecule has 5 heteroatoms. The number of benzene rings is 1. The van der Waals surface area contributed by atoms with E-state index >= 15 is 0 Å². The van der Waals surface area contributed by atoms with E-state index in [2.05, 4.69) is 24.8 Å². The molecule has 1 spiro atoms. The summed E-state index contributed by atoms with van der Waals surface area (Å²) in [6, 6.07) is 4.09. The maximum Gasteiger partial charge on any atom is 0.174 e. The van der Waals surface area contributed by atoms with Crippen LogP contribution < -0.4 is 4.74 Å². The molecule has 162 valence electrons. The summed E-state index contributed by atoms with van der Waals surface area (Å²) in [6.45, 7) is 7.32. The van der Waals surface area contributed by atoms with Crippen LogP contribution in [-0.2, 0) is 21.4 Å². The molecule has 5 nitrogen and oxygen atoms in total. The first-order valence-corrected chi connectivity index (χ1v) is 11.9. The van der Waals surface area contributed by atoms with Crippen LogP contribution in [0.1, 0.15) is 63.5 Å². The van der Waals surface area contributed by atoms with Gasteiger partial charge in [-0.05, 0) is 68.5 Å². The van der Waals surface area contributed by atoms with Gasteiger partial charge in [-0.3, -0.25) is 9.69 Å². The van der Waals surface area contributed by atoms with E-state index in [9.17, 15) is 9.90 Å². The number of nitrogens with zero attached hydrogens (tertiary/aromatic N) is 1. The lowest BCUT2D eigenvalue weighted by Crippen LogP contribution is -2.77. The van der Waals surface area contributed by atoms with Crippen LogP contribution in [0.15, 0.2) is 12.1 Å². The Morgan fingerprint density at radius 2 is 2.13 bits per heavy atom. The highest BCUT2D eigenvalue weighted by atomic mass is 16.5. The van der Waals surface area contributed by atoms with Crippen molar-refractivity contribution in [3.63, 3.8) is 0 Å². The Hall–Kier alpha value is -1.59. The minimum atomic E-state index is -0.516. The molecule has 1 saturated heterocycles. The number of carbonyl (C=O) groups is 1. The average Bonchev–Trinajstić information content (AvgIpc) is 3.45. The van der Waals surface area contributed by atoms with Crippen molar-refractivity contribution in [3.8, 4) is 11.5 Å². The lowest BCUT2D eigenvalue weighted by Gasteiger charge is -2.64. The van der Waals surface area contributed by atoms with Gasteiger partial charge in [-0.25, -0.2) is 0 Å². The molecule has 1 aromatic rings. The third-order valence-corrected chi connectivity index (χ3v) is 8.57. The number of ketones is 1.